The fourth-order valence-corrected chi connectivity index (χ4v) is 3.24. The summed E-state index contributed by atoms with van der Waals surface area (Å²) in [6, 6.07) is 7.55. The van der Waals surface area contributed by atoms with E-state index in [0.717, 1.165) is 10.9 Å². The number of nitrogen functional groups attached to an aromatic ring is 1. The molecule has 0 bridgehead atoms. The largest absolute Gasteiger partial charge is 0.382 e. The number of nitrogens with two attached hydrogens (primary N) is 1. The van der Waals surface area contributed by atoms with Crippen LogP contribution in [0.15, 0.2) is 24.3 Å². The Balaban J connectivity index is 2.23. The quantitative estimate of drug-likeness (QED) is 0.889. The molecule has 18 heavy (non-hydrogen) atoms. The van der Waals surface area contributed by atoms with Gasteiger partial charge in [-0.3, -0.25) is 4.68 Å². The summed E-state index contributed by atoms with van der Waals surface area (Å²) in [6.07, 6.45) is 0.643. The van der Waals surface area contributed by atoms with E-state index in [0.29, 0.717) is 18.8 Å². The van der Waals surface area contributed by atoms with E-state index in [-0.39, 0.29) is 11.5 Å². The molecule has 0 spiro atoms. The van der Waals surface area contributed by atoms with Gasteiger partial charge in [-0.15, -0.1) is 0 Å². The first-order valence-electron chi connectivity index (χ1n) is 5.95. The summed E-state index contributed by atoms with van der Waals surface area (Å²) in [4.78, 5) is 0. The molecule has 1 aromatic heterocycles. The van der Waals surface area contributed by atoms with Crippen molar-refractivity contribution in [3.63, 3.8) is 0 Å². The maximum atomic E-state index is 11.7. The lowest BCUT2D eigenvalue weighted by Crippen LogP contribution is -2.16. The van der Waals surface area contributed by atoms with Crippen LogP contribution in [0.3, 0.4) is 0 Å². The molecule has 0 radical (unpaired) electrons. The number of aryl methyl sites for hydroxylation is 1. The monoisotopic (exact) mass is 267 g/mol. The molecule has 1 aromatic carbocycles. The van der Waals surface area contributed by atoms with E-state index in [1.54, 1.807) is 4.68 Å². The molecule has 1 heterocycles. The lowest BCUT2D eigenvalue weighted by atomic mass is 10.2. The van der Waals surface area contributed by atoms with Gasteiger partial charge in [-0.2, -0.15) is 5.10 Å². The number of hydrogen-bond acceptors (Lipinski definition) is 4. The van der Waals surface area contributed by atoms with Crippen LogP contribution < -0.4 is 5.73 Å². The second-order valence-electron chi connectivity index (χ2n) is 4.28. The van der Waals surface area contributed by atoms with E-state index < -0.39 is 9.84 Å². The van der Waals surface area contributed by atoms with Crippen molar-refractivity contribution in [2.24, 2.45) is 0 Å². The lowest BCUT2D eigenvalue weighted by Gasteiger charge is -2.04. The molecule has 0 unspecified atom stereocenters. The van der Waals surface area contributed by atoms with Crippen LogP contribution in [0.2, 0.25) is 0 Å². The smallest absolute Gasteiger partial charge is 0.153 e. The van der Waals surface area contributed by atoms with Gasteiger partial charge in [-0.25, -0.2) is 8.42 Å². The number of para-hydroxylation sites is 1. The fraction of sp³-hybridized carbons (Fsp3) is 0.417. The summed E-state index contributed by atoms with van der Waals surface area (Å²) >= 11 is 0. The number of rotatable bonds is 5. The van der Waals surface area contributed by atoms with Crippen molar-refractivity contribution in [3.05, 3.63) is 24.3 Å². The highest BCUT2D eigenvalue weighted by molar-refractivity contribution is 7.91. The molecule has 0 aliphatic carbocycles. The van der Waals surface area contributed by atoms with E-state index in [2.05, 4.69) is 5.10 Å². The molecule has 0 amide bonds. The number of benzene rings is 1. The van der Waals surface area contributed by atoms with E-state index in [1.807, 2.05) is 31.2 Å². The van der Waals surface area contributed by atoms with E-state index in [4.69, 9.17) is 5.73 Å². The van der Waals surface area contributed by atoms with Crippen molar-refractivity contribution in [2.45, 2.75) is 19.9 Å². The van der Waals surface area contributed by atoms with Crippen LogP contribution in [0.1, 0.15) is 13.3 Å². The van der Waals surface area contributed by atoms with Crippen LogP contribution in [-0.2, 0) is 16.4 Å². The third-order valence-electron chi connectivity index (χ3n) is 2.82. The first kappa shape index (κ1) is 12.9. The molecular weight excluding hydrogens is 250 g/mol. The van der Waals surface area contributed by atoms with E-state index in [1.165, 1.54) is 0 Å². The maximum absolute atomic E-state index is 11.7. The highest BCUT2D eigenvalue weighted by Gasteiger charge is 2.12. The molecule has 0 fully saturated rings. The molecule has 0 aliphatic heterocycles. The van der Waals surface area contributed by atoms with Gasteiger partial charge < -0.3 is 5.73 Å². The van der Waals surface area contributed by atoms with Gasteiger partial charge >= 0.3 is 0 Å². The predicted molar refractivity (Wildman–Crippen MR) is 73.1 cm³/mol. The van der Waals surface area contributed by atoms with Gasteiger partial charge in [0.15, 0.2) is 15.7 Å². The molecule has 0 saturated heterocycles. The van der Waals surface area contributed by atoms with Crippen LogP contribution in [0.5, 0.6) is 0 Å². The maximum Gasteiger partial charge on any atom is 0.153 e. The van der Waals surface area contributed by atoms with Crippen LogP contribution >= 0.6 is 0 Å². The highest BCUT2D eigenvalue weighted by atomic mass is 32.2. The van der Waals surface area contributed by atoms with Gasteiger partial charge in [0.05, 0.1) is 17.8 Å². The van der Waals surface area contributed by atoms with E-state index >= 15 is 0 Å². The second-order valence-corrected chi connectivity index (χ2v) is 6.58. The SMILES string of the molecule is CCCS(=O)(=O)CCn1nc(N)c2ccccc21. The van der Waals surface area contributed by atoms with E-state index in [9.17, 15) is 8.42 Å². The second kappa shape index (κ2) is 4.97. The Hall–Kier alpha value is -1.56. The predicted octanol–water partition coefficient (Wildman–Crippen LogP) is 1.44. The Morgan fingerprint density at radius 2 is 2.00 bits per heavy atom. The minimum Gasteiger partial charge on any atom is -0.382 e. The molecule has 98 valence electrons. The van der Waals surface area contributed by atoms with Gasteiger partial charge in [-0.05, 0) is 18.6 Å². The van der Waals surface area contributed by atoms with Crippen LogP contribution in [0.4, 0.5) is 5.82 Å². The summed E-state index contributed by atoms with van der Waals surface area (Å²) in [6.45, 7) is 2.21. The minimum atomic E-state index is -2.99. The van der Waals surface area contributed by atoms with Gasteiger partial charge in [0.2, 0.25) is 0 Å². The number of nitrogens with zero attached hydrogens (tertiary/aromatic N) is 2. The van der Waals surface area contributed by atoms with Gasteiger partial charge in [0, 0.05) is 11.1 Å². The number of hydrogen-bond donors (Lipinski definition) is 1. The first-order valence-corrected chi connectivity index (χ1v) is 7.77. The Morgan fingerprint density at radius 1 is 1.28 bits per heavy atom. The summed E-state index contributed by atoms with van der Waals surface area (Å²) < 4.78 is 25.0. The number of aromatic nitrogens is 2. The summed E-state index contributed by atoms with van der Waals surface area (Å²) in [5.41, 5.74) is 6.67. The lowest BCUT2D eigenvalue weighted by molar-refractivity contribution is 0.583. The zero-order valence-electron chi connectivity index (χ0n) is 10.3. The topological polar surface area (TPSA) is 78.0 Å². The van der Waals surface area contributed by atoms with Crippen molar-refractivity contribution in [1.29, 1.82) is 0 Å². The Morgan fingerprint density at radius 3 is 2.72 bits per heavy atom. The standard InChI is InChI=1S/C12H17N3O2S/c1-2-8-18(16,17)9-7-15-11-6-4-3-5-10(11)12(13)14-15/h3-6H,2,7-9H2,1H3,(H2,13,14). The summed E-state index contributed by atoms with van der Waals surface area (Å²) in [7, 11) is -2.99. The zero-order valence-corrected chi connectivity index (χ0v) is 11.2. The number of sulfone groups is 1. The third-order valence-corrected chi connectivity index (χ3v) is 4.65. The van der Waals surface area contributed by atoms with Gasteiger partial charge in [-0.1, -0.05) is 19.1 Å². The van der Waals surface area contributed by atoms with Gasteiger partial charge in [0.25, 0.3) is 0 Å². The highest BCUT2D eigenvalue weighted by Crippen LogP contribution is 2.19. The molecule has 2 aromatic rings. The summed E-state index contributed by atoms with van der Waals surface area (Å²) in [5, 5.41) is 5.05. The fourth-order valence-electron chi connectivity index (χ4n) is 1.96. The van der Waals surface area contributed by atoms with Crippen LogP contribution in [0, 0.1) is 0 Å². The van der Waals surface area contributed by atoms with Crippen LogP contribution in [0.25, 0.3) is 10.9 Å². The van der Waals surface area contributed by atoms with Crippen molar-refractivity contribution in [1.82, 2.24) is 9.78 Å². The normalized spacial score (nSPS) is 12.1. The average Bonchev–Trinajstić information content (AvgIpc) is 2.65. The zero-order chi connectivity index (χ0) is 13.2. The van der Waals surface area contributed by atoms with Crippen LogP contribution in [-0.4, -0.2) is 29.7 Å². The molecule has 0 aliphatic rings. The Labute approximate surface area is 107 Å². The molecule has 5 nitrogen and oxygen atoms in total. The van der Waals surface area contributed by atoms with Crippen molar-refractivity contribution >= 4 is 26.6 Å². The Kier molecular flexibility index (Phi) is 3.56. The van der Waals surface area contributed by atoms with Crippen molar-refractivity contribution in [3.8, 4) is 0 Å². The molecule has 0 saturated carbocycles. The first-order chi connectivity index (χ1) is 8.53. The molecule has 2 rings (SSSR count). The van der Waals surface area contributed by atoms with Crippen molar-refractivity contribution < 1.29 is 8.42 Å². The van der Waals surface area contributed by atoms with Gasteiger partial charge in [0.1, 0.15) is 0 Å². The number of fused-ring (bicyclic) bond motifs is 1. The minimum absolute atomic E-state index is 0.103. The summed E-state index contributed by atoms with van der Waals surface area (Å²) in [5.74, 6) is 0.770. The molecular formula is C12H17N3O2S. The Bertz CT molecular complexity index is 646. The van der Waals surface area contributed by atoms with Crippen molar-refractivity contribution in [2.75, 3.05) is 17.2 Å². The number of anilines is 1. The third kappa shape index (κ3) is 2.64. The molecule has 6 heteroatoms. The molecule has 2 N–H and O–H groups in total. The molecule has 0 atom stereocenters. The average molecular weight is 267 g/mol.